The van der Waals surface area contributed by atoms with Crippen molar-refractivity contribution in [2.75, 3.05) is 29.4 Å². The SMILES string of the molecule is CC(CCCCN1CCCCC1CS(C)(=O)=O)N(c1cc(Cl)ccc1Cl)S(=O)(=O)c1ccc(Cl)cc1. The first-order valence-electron chi connectivity index (χ1n) is 12.1. The largest absolute Gasteiger partial charge is 0.299 e. The van der Waals surface area contributed by atoms with Gasteiger partial charge in [0.25, 0.3) is 10.0 Å². The molecule has 2 atom stereocenters. The number of halogens is 3. The molecule has 0 saturated carbocycles. The Morgan fingerprint density at radius 1 is 0.972 bits per heavy atom. The third-order valence-corrected chi connectivity index (χ3v) is 10.2. The van der Waals surface area contributed by atoms with E-state index in [1.165, 1.54) is 22.7 Å². The Morgan fingerprint density at radius 3 is 2.31 bits per heavy atom. The predicted molar refractivity (Wildman–Crippen MR) is 150 cm³/mol. The fraction of sp³-hybridized carbons (Fsp3) is 0.520. The van der Waals surface area contributed by atoms with E-state index in [1.54, 1.807) is 30.3 Å². The Labute approximate surface area is 230 Å². The molecule has 1 aliphatic heterocycles. The van der Waals surface area contributed by atoms with Crippen LogP contribution in [0.3, 0.4) is 0 Å². The first-order chi connectivity index (χ1) is 16.9. The van der Waals surface area contributed by atoms with E-state index in [0.29, 0.717) is 27.2 Å². The number of hydrogen-bond donors (Lipinski definition) is 0. The lowest BCUT2D eigenvalue weighted by Gasteiger charge is -2.35. The van der Waals surface area contributed by atoms with Crippen LogP contribution in [0.5, 0.6) is 0 Å². The first-order valence-corrected chi connectivity index (χ1v) is 16.7. The zero-order valence-electron chi connectivity index (χ0n) is 20.5. The van der Waals surface area contributed by atoms with Gasteiger partial charge in [-0.25, -0.2) is 16.8 Å². The van der Waals surface area contributed by atoms with Gasteiger partial charge in [-0.3, -0.25) is 9.21 Å². The number of hydrogen-bond acceptors (Lipinski definition) is 5. The molecule has 0 bridgehead atoms. The Hall–Kier alpha value is -1.03. The van der Waals surface area contributed by atoms with Crippen molar-refractivity contribution in [2.24, 2.45) is 0 Å². The Bertz CT molecular complexity index is 1240. The zero-order chi connectivity index (χ0) is 26.5. The average Bonchev–Trinajstić information content (AvgIpc) is 2.79. The standard InChI is InChI=1S/C25H33Cl3N2O4S2/c1-19(7-3-5-15-29-16-6-4-8-22(29)18-35(2,31)32)30(25-17-21(27)11-14-24(25)28)36(33,34)23-12-9-20(26)10-13-23/h9-14,17,19,22H,3-8,15-16,18H2,1-2H3. The Morgan fingerprint density at radius 2 is 1.64 bits per heavy atom. The van der Waals surface area contributed by atoms with Crippen LogP contribution in [0.2, 0.25) is 15.1 Å². The smallest absolute Gasteiger partial charge is 0.264 e. The van der Waals surface area contributed by atoms with Crippen LogP contribution in [0.25, 0.3) is 0 Å². The van der Waals surface area contributed by atoms with Crippen LogP contribution in [0, 0.1) is 0 Å². The molecule has 0 spiro atoms. The number of benzene rings is 2. The molecular weight excluding hydrogens is 563 g/mol. The molecule has 0 amide bonds. The fourth-order valence-corrected chi connectivity index (χ4v) is 8.07. The molecule has 1 aliphatic rings. The lowest BCUT2D eigenvalue weighted by Crippen LogP contribution is -2.44. The topological polar surface area (TPSA) is 74.8 Å². The van der Waals surface area contributed by atoms with Gasteiger partial charge in [0.1, 0.15) is 9.84 Å². The van der Waals surface area contributed by atoms with Crippen LogP contribution in [0.1, 0.15) is 45.4 Å². The molecule has 0 aliphatic carbocycles. The molecule has 6 nitrogen and oxygen atoms in total. The minimum absolute atomic E-state index is 0.0539. The summed E-state index contributed by atoms with van der Waals surface area (Å²) in [6.07, 6.45) is 6.50. The predicted octanol–water partition coefficient (Wildman–Crippen LogP) is 6.30. The Balaban J connectivity index is 1.75. The number of nitrogens with zero attached hydrogens (tertiary/aromatic N) is 2. The van der Waals surface area contributed by atoms with Gasteiger partial charge in [0.05, 0.1) is 21.4 Å². The van der Waals surface area contributed by atoms with Crippen molar-refractivity contribution in [3.05, 3.63) is 57.5 Å². The summed E-state index contributed by atoms with van der Waals surface area (Å²) in [6.45, 7) is 3.54. The lowest BCUT2D eigenvalue weighted by atomic mass is 10.0. The summed E-state index contributed by atoms with van der Waals surface area (Å²) in [6, 6.07) is 10.5. The second-order valence-corrected chi connectivity index (χ2v) is 14.8. The summed E-state index contributed by atoms with van der Waals surface area (Å²) in [7, 11) is -6.98. The minimum atomic E-state index is -3.94. The molecule has 1 saturated heterocycles. The molecule has 0 aromatic heterocycles. The summed E-state index contributed by atoms with van der Waals surface area (Å²) in [5.74, 6) is 0.184. The molecular formula is C25H33Cl3N2O4S2. The molecule has 2 unspecified atom stereocenters. The first kappa shape index (κ1) is 29.5. The molecule has 3 rings (SSSR count). The summed E-state index contributed by atoms with van der Waals surface area (Å²) >= 11 is 18.6. The van der Waals surface area contributed by atoms with E-state index in [9.17, 15) is 16.8 Å². The van der Waals surface area contributed by atoms with Gasteiger partial charge < -0.3 is 0 Å². The van der Waals surface area contributed by atoms with Crippen molar-refractivity contribution < 1.29 is 16.8 Å². The maximum Gasteiger partial charge on any atom is 0.264 e. The lowest BCUT2D eigenvalue weighted by molar-refractivity contribution is 0.159. The zero-order valence-corrected chi connectivity index (χ0v) is 24.4. The normalized spacial score (nSPS) is 18.2. The molecule has 1 fully saturated rings. The minimum Gasteiger partial charge on any atom is -0.299 e. The van der Waals surface area contributed by atoms with Crippen molar-refractivity contribution >= 4 is 60.4 Å². The molecule has 0 N–H and O–H groups in total. The van der Waals surface area contributed by atoms with Gasteiger partial charge in [-0.05, 0) is 88.2 Å². The summed E-state index contributed by atoms with van der Waals surface area (Å²) in [5.41, 5.74) is 0.330. The highest BCUT2D eigenvalue weighted by Crippen LogP contribution is 2.36. The van der Waals surface area contributed by atoms with Gasteiger partial charge >= 0.3 is 0 Å². The number of unbranched alkanes of at least 4 members (excludes halogenated alkanes) is 1. The van der Waals surface area contributed by atoms with Gasteiger partial charge in [0, 0.05) is 28.4 Å². The van der Waals surface area contributed by atoms with E-state index in [4.69, 9.17) is 34.8 Å². The maximum absolute atomic E-state index is 13.7. The summed E-state index contributed by atoms with van der Waals surface area (Å²) < 4.78 is 52.5. The van der Waals surface area contributed by atoms with Crippen molar-refractivity contribution in [3.63, 3.8) is 0 Å². The molecule has 200 valence electrons. The molecule has 0 radical (unpaired) electrons. The third-order valence-electron chi connectivity index (χ3n) is 6.48. The van der Waals surface area contributed by atoms with Gasteiger partial charge in [0.2, 0.25) is 0 Å². The number of piperidine rings is 1. The highest BCUT2D eigenvalue weighted by Gasteiger charge is 2.31. The number of rotatable bonds is 11. The van der Waals surface area contributed by atoms with Crippen LogP contribution < -0.4 is 4.31 Å². The molecule has 11 heteroatoms. The monoisotopic (exact) mass is 594 g/mol. The summed E-state index contributed by atoms with van der Waals surface area (Å²) in [5, 5.41) is 1.13. The molecule has 2 aromatic rings. The van der Waals surface area contributed by atoms with Gasteiger partial charge in [0.15, 0.2) is 0 Å². The van der Waals surface area contributed by atoms with Crippen LogP contribution in [0.4, 0.5) is 5.69 Å². The van der Waals surface area contributed by atoms with Crippen LogP contribution in [-0.2, 0) is 19.9 Å². The third kappa shape index (κ3) is 7.98. The second-order valence-electron chi connectivity index (χ2n) is 9.47. The van der Waals surface area contributed by atoms with E-state index < -0.39 is 25.9 Å². The molecule has 36 heavy (non-hydrogen) atoms. The van der Waals surface area contributed by atoms with E-state index in [0.717, 1.165) is 45.2 Å². The number of sulfonamides is 1. The summed E-state index contributed by atoms with van der Waals surface area (Å²) in [4.78, 5) is 2.39. The van der Waals surface area contributed by atoms with Crippen LogP contribution >= 0.6 is 34.8 Å². The molecule has 2 aromatic carbocycles. The van der Waals surface area contributed by atoms with Gasteiger partial charge in [-0.2, -0.15) is 0 Å². The maximum atomic E-state index is 13.7. The van der Waals surface area contributed by atoms with Crippen LogP contribution in [-0.4, -0.2) is 58.9 Å². The quantitative estimate of drug-likeness (QED) is 0.285. The number of sulfone groups is 1. The van der Waals surface area contributed by atoms with Crippen molar-refractivity contribution in [2.45, 2.75) is 62.4 Å². The van der Waals surface area contributed by atoms with E-state index in [1.807, 2.05) is 6.92 Å². The average molecular weight is 596 g/mol. The van der Waals surface area contributed by atoms with Crippen LogP contribution in [0.15, 0.2) is 47.4 Å². The highest BCUT2D eigenvalue weighted by molar-refractivity contribution is 7.93. The number of anilines is 1. The second kappa shape index (κ2) is 12.7. The van der Waals surface area contributed by atoms with Gasteiger partial charge in [-0.15, -0.1) is 0 Å². The van der Waals surface area contributed by atoms with Gasteiger partial charge in [-0.1, -0.05) is 47.6 Å². The van der Waals surface area contributed by atoms with Crippen molar-refractivity contribution in [3.8, 4) is 0 Å². The van der Waals surface area contributed by atoms with Crippen molar-refractivity contribution in [1.29, 1.82) is 0 Å². The highest BCUT2D eigenvalue weighted by atomic mass is 35.5. The molecule has 1 heterocycles. The van der Waals surface area contributed by atoms with E-state index >= 15 is 0 Å². The Kier molecular flexibility index (Phi) is 10.4. The number of likely N-dealkylation sites (tertiary alicyclic amines) is 1. The van der Waals surface area contributed by atoms with Crippen molar-refractivity contribution in [1.82, 2.24) is 4.90 Å². The van der Waals surface area contributed by atoms with E-state index in [2.05, 4.69) is 4.90 Å². The van der Waals surface area contributed by atoms with E-state index in [-0.39, 0.29) is 16.7 Å². The fourth-order valence-electron chi connectivity index (χ4n) is 4.74.